The molecule has 0 fully saturated rings. The van der Waals surface area contributed by atoms with Crippen LogP contribution in [0.5, 0.6) is 0 Å². The second kappa shape index (κ2) is 9.82. The van der Waals surface area contributed by atoms with Crippen molar-refractivity contribution in [3.8, 4) is 0 Å². The van der Waals surface area contributed by atoms with Crippen molar-refractivity contribution < 1.29 is 27.9 Å². The van der Waals surface area contributed by atoms with E-state index in [9.17, 15) is 23.2 Å². The lowest BCUT2D eigenvalue weighted by atomic mass is 10.2. The summed E-state index contributed by atoms with van der Waals surface area (Å²) in [5, 5.41) is 4.25. The molecule has 10 heteroatoms. The summed E-state index contributed by atoms with van der Waals surface area (Å²) in [6.45, 7) is 1.24. The van der Waals surface area contributed by atoms with E-state index in [1.807, 2.05) is 11.6 Å². The van der Waals surface area contributed by atoms with Gasteiger partial charge in [-0.05, 0) is 37.5 Å². The lowest BCUT2D eigenvalue weighted by Gasteiger charge is -2.19. The zero-order valence-electron chi connectivity index (χ0n) is 13.7. The second-order valence-corrected chi connectivity index (χ2v) is 5.99. The number of esters is 1. The molecule has 0 aliphatic rings. The largest absolute Gasteiger partial charge is 0.451 e. The molecule has 1 rings (SSSR count). The van der Waals surface area contributed by atoms with Gasteiger partial charge >= 0.3 is 12.0 Å². The maximum absolute atomic E-state index is 13.5. The van der Waals surface area contributed by atoms with Crippen LogP contribution in [0.15, 0.2) is 18.2 Å². The lowest BCUT2D eigenvalue weighted by molar-refractivity contribution is -0.155. The molecule has 4 N–H and O–H groups in total. The number of halogens is 2. The van der Waals surface area contributed by atoms with Crippen LogP contribution >= 0.6 is 11.8 Å². The fourth-order valence-electron chi connectivity index (χ4n) is 1.81. The van der Waals surface area contributed by atoms with Crippen molar-refractivity contribution in [3.05, 3.63) is 29.8 Å². The zero-order valence-corrected chi connectivity index (χ0v) is 14.5. The standard InChI is InChI=1S/C15H19F2N3O4S/c1-8(13(21)20-12-9(16)4-3-5-10(12)17)24-14(22)11(6-7-25-2)19-15(18)23/h3-5,8,11H,6-7H2,1-2H3,(H,20,21)(H3,18,19,23)/t8-,11-/m1/s1. The van der Waals surface area contributed by atoms with Crippen LogP contribution in [0.1, 0.15) is 13.3 Å². The smallest absolute Gasteiger partial charge is 0.329 e. The van der Waals surface area contributed by atoms with Crippen LogP contribution in [0.25, 0.3) is 0 Å². The Balaban J connectivity index is 2.71. The van der Waals surface area contributed by atoms with Gasteiger partial charge in [-0.2, -0.15) is 11.8 Å². The van der Waals surface area contributed by atoms with Gasteiger partial charge in [0.25, 0.3) is 5.91 Å². The maximum Gasteiger partial charge on any atom is 0.329 e. The molecule has 0 aromatic heterocycles. The zero-order chi connectivity index (χ0) is 19.0. The SMILES string of the molecule is CSCC[C@@H](NC(N)=O)C(=O)O[C@H](C)C(=O)Nc1c(F)cccc1F. The molecular formula is C15H19F2N3O4S. The molecule has 0 aliphatic heterocycles. The van der Waals surface area contributed by atoms with Crippen molar-refractivity contribution >= 4 is 35.4 Å². The predicted molar refractivity (Wildman–Crippen MR) is 90.0 cm³/mol. The van der Waals surface area contributed by atoms with E-state index >= 15 is 0 Å². The number of hydrogen-bond acceptors (Lipinski definition) is 5. The van der Waals surface area contributed by atoms with Crippen molar-refractivity contribution in [2.75, 3.05) is 17.3 Å². The molecule has 0 spiro atoms. The van der Waals surface area contributed by atoms with Gasteiger partial charge in [-0.15, -0.1) is 0 Å². The van der Waals surface area contributed by atoms with E-state index in [2.05, 4.69) is 5.32 Å². The summed E-state index contributed by atoms with van der Waals surface area (Å²) in [5.74, 6) is -3.16. The molecule has 3 amide bonds. The van der Waals surface area contributed by atoms with Crippen molar-refractivity contribution in [2.45, 2.75) is 25.5 Å². The summed E-state index contributed by atoms with van der Waals surface area (Å²) in [6.07, 6.45) is 0.725. The Hall–Kier alpha value is -2.36. The number of anilines is 1. The van der Waals surface area contributed by atoms with Crippen LogP contribution < -0.4 is 16.4 Å². The number of thioether (sulfide) groups is 1. The van der Waals surface area contributed by atoms with Gasteiger partial charge in [0.1, 0.15) is 23.4 Å². The summed E-state index contributed by atoms with van der Waals surface area (Å²) in [6, 6.07) is 1.17. The van der Waals surface area contributed by atoms with Gasteiger partial charge in [-0.3, -0.25) is 4.79 Å². The molecule has 0 bridgehead atoms. The lowest BCUT2D eigenvalue weighted by Crippen LogP contribution is -2.46. The minimum absolute atomic E-state index is 0.249. The van der Waals surface area contributed by atoms with Crippen molar-refractivity contribution in [1.82, 2.24) is 5.32 Å². The summed E-state index contributed by atoms with van der Waals surface area (Å²) in [5.41, 5.74) is 4.37. The molecule has 7 nitrogen and oxygen atoms in total. The fraction of sp³-hybridized carbons (Fsp3) is 0.400. The van der Waals surface area contributed by atoms with Crippen LogP contribution in [-0.4, -0.2) is 42.1 Å². The fourth-order valence-corrected chi connectivity index (χ4v) is 2.28. The molecule has 0 radical (unpaired) electrons. The normalized spacial score (nSPS) is 12.8. The van der Waals surface area contributed by atoms with E-state index in [0.717, 1.165) is 18.2 Å². The minimum atomic E-state index is -1.34. The minimum Gasteiger partial charge on any atom is -0.451 e. The summed E-state index contributed by atoms with van der Waals surface area (Å²) in [4.78, 5) is 35.0. The average Bonchev–Trinajstić information content (AvgIpc) is 2.54. The molecule has 0 heterocycles. The quantitative estimate of drug-likeness (QED) is 0.598. The number of hydrogen-bond donors (Lipinski definition) is 3. The molecule has 2 atom stereocenters. The molecule has 138 valence electrons. The van der Waals surface area contributed by atoms with Crippen LogP contribution in [0.2, 0.25) is 0 Å². The Kier molecular flexibility index (Phi) is 8.12. The second-order valence-electron chi connectivity index (χ2n) is 5.01. The maximum atomic E-state index is 13.5. The first kappa shape index (κ1) is 20.7. The Morgan fingerprint density at radius 2 is 1.88 bits per heavy atom. The van der Waals surface area contributed by atoms with E-state index in [1.165, 1.54) is 18.7 Å². The molecule has 0 saturated heterocycles. The summed E-state index contributed by atoms with van der Waals surface area (Å²) < 4.78 is 32.0. The monoisotopic (exact) mass is 375 g/mol. The molecule has 1 aromatic carbocycles. The third-order valence-corrected chi connectivity index (χ3v) is 3.73. The van der Waals surface area contributed by atoms with E-state index in [1.54, 1.807) is 0 Å². The summed E-state index contributed by atoms with van der Waals surface area (Å²) >= 11 is 1.44. The first-order chi connectivity index (χ1) is 11.8. The summed E-state index contributed by atoms with van der Waals surface area (Å²) in [7, 11) is 0. The van der Waals surface area contributed by atoms with E-state index in [0.29, 0.717) is 5.75 Å². The Morgan fingerprint density at radius 3 is 2.40 bits per heavy atom. The van der Waals surface area contributed by atoms with Crippen LogP contribution in [0.4, 0.5) is 19.3 Å². The van der Waals surface area contributed by atoms with Gasteiger partial charge in [-0.25, -0.2) is 18.4 Å². The van der Waals surface area contributed by atoms with E-state index < -0.39 is 47.4 Å². The molecule has 1 aromatic rings. The van der Waals surface area contributed by atoms with Gasteiger partial charge in [0.05, 0.1) is 0 Å². The number of para-hydroxylation sites is 1. The van der Waals surface area contributed by atoms with E-state index in [4.69, 9.17) is 10.5 Å². The number of carbonyl (C=O) groups is 3. The van der Waals surface area contributed by atoms with Crippen molar-refractivity contribution in [2.24, 2.45) is 5.73 Å². The van der Waals surface area contributed by atoms with Gasteiger partial charge in [0.2, 0.25) is 0 Å². The first-order valence-electron chi connectivity index (χ1n) is 7.26. The first-order valence-corrected chi connectivity index (χ1v) is 8.66. The molecule has 0 saturated carbocycles. The highest BCUT2D eigenvalue weighted by Gasteiger charge is 2.26. The highest BCUT2D eigenvalue weighted by Crippen LogP contribution is 2.18. The van der Waals surface area contributed by atoms with Crippen LogP contribution in [-0.2, 0) is 14.3 Å². The number of benzene rings is 1. The van der Waals surface area contributed by atoms with Gasteiger partial charge in [0, 0.05) is 0 Å². The van der Waals surface area contributed by atoms with Gasteiger partial charge in [-0.1, -0.05) is 6.07 Å². The number of urea groups is 1. The number of amides is 3. The predicted octanol–water partition coefficient (Wildman–Crippen LogP) is 1.62. The third-order valence-electron chi connectivity index (χ3n) is 3.08. The Labute approximate surface area is 147 Å². The molecule has 0 aliphatic carbocycles. The highest BCUT2D eigenvalue weighted by molar-refractivity contribution is 7.98. The molecule has 0 unspecified atom stereocenters. The number of primary amides is 1. The highest BCUT2D eigenvalue weighted by atomic mass is 32.2. The van der Waals surface area contributed by atoms with Crippen LogP contribution in [0.3, 0.4) is 0 Å². The number of rotatable bonds is 8. The molecular weight excluding hydrogens is 356 g/mol. The van der Waals surface area contributed by atoms with Crippen LogP contribution in [0, 0.1) is 11.6 Å². The number of nitrogens with two attached hydrogens (primary N) is 1. The topological polar surface area (TPSA) is 111 Å². The van der Waals surface area contributed by atoms with Gasteiger partial charge < -0.3 is 21.1 Å². The number of nitrogens with one attached hydrogen (secondary N) is 2. The van der Waals surface area contributed by atoms with Gasteiger partial charge in [0.15, 0.2) is 6.10 Å². The van der Waals surface area contributed by atoms with Crippen molar-refractivity contribution in [1.29, 1.82) is 0 Å². The average molecular weight is 375 g/mol. The third kappa shape index (κ3) is 6.57. The van der Waals surface area contributed by atoms with E-state index in [-0.39, 0.29) is 6.42 Å². The Bertz CT molecular complexity index is 625. The van der Waals surface area contributed by atoms with Crippen molar-refractivity contribution in [3.63, 3.8) is 0 Å². The number of carbonyl (C=O) groups excluding carboxylic acids is 3. The number of ether oxygens (including phenoxy) is 1. The Morgan fingerprint density at radius 1 is 1.28 bits per heavy atom. The molecule has 25 heavy (non-hydrogen) atoms.